The summed E-state index contributed by atoms with van der Waals surface area (Å²) in [5.41, 5.74) is 5.04. The molecule has 0 unspecified atom stereocenters. The number of aromatic amines is 1. The van der Waals surface area contributed by atoms with E-state index in [9.17, 15) is 4.79 Å². The molecule has 0 radical (unpaired) electrons. The van der Waals surface area contributed by atoms with Gasteiger partial charge in [0.25, 0.3) is 5.56 Å². The van der Waals surface area contributed by atoms with Crippen LogP contribution >= 0.6 is 0 Å². The minimum absolute atomic E-state index is 0.0845. The summed E-state index contributed by atoms with van der Waals surface area (Å²) in [6, 6.07) is 4.20. The quantitative estimate of drug-likeness (QED) is 0.885. The number of hydrogen-bond donors (Lipinski definition) is 2. The predicted octanol–water partition coefficient (Wildman–Crippen LogP) is 2.08. The van der Waals surface area contributed by atoms with E-state index in [1.54, 1.807) is 6.20 Å². The largest absolute Gasteiger partial charge is 0.315 e. The van der Waals surface area contributed by atoms with Gasteiger partial charge in [0.1, 0.15) is 5.82 Å². The van der Waals surface area contributed by atoms with Crippen molar-refractivity contribution in [2.75, 3.05) is 7.05 Å². The first-order valence-corrected chi connectivity index (χ1v) is 6.34. The minimum Gasteiger partial charge on any atom is -0.315 e. The smallest absolute Gasteiger partial charge is 0.255 e. The first kappa shape index (κ1) is 13.5. The SMILES string of the molecule is CNCc1cnc(-c2c(C)cc(C)cc2C)[nH]c1=O. The van der Waals surface area contributed by atoms with Gasteiger partial charge in [-0.3, -0.25) is 4.79 Å². The molecule has 0 atom stereocenters. The van der Waals surface area contributed by atoms with Crippen LogP contribution < -0.4 is 10.9 Å². The van der Waals surface area contributed by atoms with Gasteiger partial charge in [0.2, 0.25) is 0 Å². The summed E-state index contributed by atoms with van der Waals surface area (Å²) in [4.78, 5) is 19.2. The van der Waals surface area contributed by atoms with Gasteiger partial charge in [-0.15, -0.1) is 0 Å². The first-order valence-electron chi connectivity index (χ1n) is 6.34. The van der Waals surface area contributed by atoms with Crippen molar-refractivity contribution in [3.05, 3.63) is 50.9 Å². The Kier molecular flexibility index (Phi) is 3.81. The summed E-state index contributed by atoms with van der Waals surface area (Å²) in [7, 11) is 1.81. The first-order chi connectivity index (χ1) is 9.02. The second kappa shape index (κ2) is 5.36. The van der Waals surface area contributed by atoms with Crippen LogP contribution in [0.5, 0.6) is 0 Å². The van der Waals surface area contributed by atoms with Crippen molar-refractivity contribution < 1.29 is 0 Å². The average Bonchev–Trinajstić information content (AvgIpc) is 2.31. The Morgan fingerprint density at radius 3 is 2.37 bits per heavy atom. The van der Waals surface area contributed by atoms with E-state index in [1.807, 2.05) is 20.9 Å². The zero-order chi connectivity index (χ0) is 14.0. The fourth-order valence-electron chi connectivity index (χ4n) is 2.42. The Balaban J connectivity index is 2.54. The molecule has 2 rings (SSSR count). The average molecular weight is 257 g/mol. The molecule has 2 aromatic rings. The van der Waals surface area contributed by atoms with Gasteiger partial charge in [0, 0.05) is 23.9 Å². The number of benzene rings is 1. The third-order valence-corrected chi connectivity index (χ3v) is 3.15. The molecule has 0 aliphatic heterocycles. The molecule has 0 fully saturated rings. The Labute approximate surface area is 112 Å². The van der Waals surface area contributed by atoms with Gasteiger partial charge in [0.05, 0.1) is 0 Å². The summed E-state index contributed by atoms with van der Waals surface area (Å²) in [6.45, 7) is 6.66. The standard InChI is InChI=1S/C15H19N3O/c1-9-5-10(2)13(11(3)6-9)14-17-8-12(7-16-4)15(19)18-14/h5-6,8,16H,7H2,1-4H3,(H,17,18,19). The topological polar surface area (TPSA) is 57.8 Å². The van der Waals surface area contributed by atoms with E-state index in [0.29, 0.717) is 17.9 Å². The van der Waals surface area contributed by atoms with E-state index in [-0.39, 0.29) is 5.56 Å². The lowest BCUT2D eigenvalue weighted by Gasteiger charge is -2.11. The highest BCUT2D eigenvalue weighted by Crippen LogP contribution is 2.24. The molecule has 0 amide bonds. The number of aromatic nitrogens is 2. The summed E-state index contributed by atoms with van der Waals surface area (Å²) in [5, 5.41) is 2.95. The van der Waals surface area contributed by atoms with Crippen LogP contribution in [-0.2, 0) is 6.54 Å². The van der Waals surface area contributed by atoms with E-state index in [0.717, 1.165) is 16.7 Å². The van der Waals surface area contributed by atoms with Crippen molar-refractivity contribution in [3.63, 3.8) is 0 Å². The fourth-order valence-corrected chi connectivity index (χ4v) is 2.42. The van der Waals surface area contributed by atoms with Crippen LogP contribution in [-0.4, -0.2) is 17.0 Å². The van der Waals surface area contributed by atoms with E-state index in [4.69, 9.17) is 0 Å². The highest BCUT2D eigenvalue weighted by molar-refractivity contribution is 5.65. The Morgan fingerprint density at radius 1 is 1.21 bits per heavy atom. The van der Waals surface area contributed by atoms with E-state index in [1.165, 1.54) is 5.56 Å². The van der Waals surface area contributed by atoms with Crippen molar-refractivity contribution in [1.82, 2.24) is 15.3 Å². The zero-order valence-electron chi connectivity index (χ0n) is 11.8. The molecule has 0 aliphatic rings. The molecule has 4 nitrogen and oxygen atoms in total. The molecule has 0 aliphatic carbocycles. The maximum Gasteiger partial charge on any atom is 0.255 e. The summed E-state index contributed by atoms with van der Waals surface area (Å²) in [5.74, 6) is 0.639. The van der Waals surface area contributed by atoms with Crippen molar-refractivity contribution in [2.45, 2.75) is 27.3 Å². The van der Waals surface area contributed by atoms with E-state index in [2.05, 4.69) is 34.3 Å². The Morgan fingerprint density at radius 2 is 1.84 bits per heavy atom. The lowest BCUT2D eigenvalue weighted by atomic mass is 9.99. The van der Waals surface area contributed by atoms with Crippen molar-refractivity contribution >= 4 is 0 Å². The van der Waals surface area contributed by atoms with Gasteiger partial charge in [-0.05, 0) is 38.9 Å². The number of nitrogens with zero attached hydrogens (tertiary/aromatic N) is 1. The maximum absolute atomic E-state index is 12.0. The second-order valence-electron chi connectivity index (χ2n) is 4.89. The monoisotopic (exact) mass is 257 g/mol. The lowest BCUT2D eigenvalue weighted by molar-refractivity contribution is 0.798. The molecule has 1 aromatic heterocycles. The van der Waals surface area contributed by atoms with Crippen molar-refractivity contribution in [2.24, 2.45) is 0 Å². The van der Waals surface area contributed by atoms with Gasteiger partial charge < -0.3 is 10.3 Å². The molecule has 19 heavy (non-hydrogen) atoms. The van der Waals surface area contributed by atoms with E-state index < -0.39 is 0 Å². The number of rotatable bonds is 3. The second-order valence-corrected chi connectivity index (χ2v) is 4.89. The maximum atomic E-state index is 12.0. The van der Waals surface area contributed by atoms with Crippen LogP contribution in [0.4, 0.5) is 0 Å². The van der Waals surface area contributed by atoms with Gasteiger partial charge in [-0.2, -0.15) is 0 Å². The minimum atomic E-state index is -0.0845. The van der Waals surface area contributed by atoms with Gasteiger partial charge >= 0.3 is 0 Å². The molecule has 2 N–H and O–H groups in total. The molecule has 1 heterocycles. The molecule has 0 spiro atoms. The van der Waals surface area contributed by atoms with Gasteiger partial charge in [0.15, 0.2) is 0 Å². The molecular weight excluding hydrogens is 238 g/mol. The zero-order valence-corrected chi connectivity index (χ0v) is 11.8. The third kappa shape index (κ3) is 2.74. The number of nitrogens with one attached hydrogen (secondary N) is 2. The molecular formula is C15H19N3O. The molecule has 100 valence electrons. The fraction of sp³-hybridized carbons (Fsp3) is 0.333. The molecule has 1 aromatic carbocycles. The summed E-state index contributed by atoms with van der Waals surface area (Å²) >= 11 is 0. The number of hydrogen-bond acceptors (Lipinski definition) is 3. The van der Waals surface area contributed by atoms with Crippen LogP contribution in [0.25, 0.3) is 11.4 Å². The molecule has 0 bridgehead atoms. The summed E-state index contributed by atoms with van der Waals surface area (Å²) < 4.78 is 0. The number of H-pyrrole nitrogens is 1. The third-order valence-electron chi connectivity index (χ3n) is 3.15. The van der Waals surface area contributed by atoms with Crippen LogP contribution in [0, 0.1) is 20.8 Å². The van der Waals surface area contributed by atoms with Gasteiger partial charge in [-0.1, -0.05) is 17.7 Å². The Hall–Kier alpha value is -1.94. The van der Waals surface area contributed by atoms with Crippen LogP contribution in [0.3, 0.4) is 0 Å². The van der Waals surface area contributed by atoms with Crippen LogP contribution in [0.2, 0.25) is 0 Å². The van der Waals surface area contributed by atoms with Crippen molar-refractivity contribution in [1.29, 1.82) is 0 Å². The van der Waals surface area contributed by atoms with Crippen molar-refractivity contribution in [3.8, 4) is 11.4 Å². The molecule has 0 saturated heterocycles. The molecule has 4 heteroatoms. The van der Waals surface area contributed by atoms with Gasteiger partial charge in [-0.25, -0.2) is 4.98 Å². The number of aryl methyl sites for hydroxylation is 3. The highest BCUT2D eigenvalue weighted by Gasteiger charge is 2.10. The normalized spacial score (nSPS) is 10.7. The highest BCUT2D eigenvalue weighted by atomic mass is 16.1. The lowest BCUT2D eigenvalue weighted by Crippen LogP contribution is -2.19. The summed E-state index contributed by atoms with van der Waals surface area (Å²) in [6.07, 6.45) is 1.64. The van der Waals surface area contributed by atoms with Crippen LogP contribution in [0.1, 0.15) is 22.3 Å². The van der Waals surface area contributed by atoms with Crippen LogP contribution in [0.15, 0.2) is 23.1 Å². The Bertz CT molecular complexity index is 636. The van der Waals surface area contributed by atoms with E-state index >= 15 is 0 Å². The predicted molar refractivity (Wildman–Crippen MR) is 77.3 cm³/mol. The molecule has 0 saturated carbocycles.